The Bertz CT molecular complexity index is 1060. The van der Waals surface area contributed by atoms with Crippen molar-refractivity contribution in [3.8, 4) is 17.0 Å². The van der Waals surface area contributed by atoms with E-state index in [0.717, 1.165) is 12.8 Å². The number of benzene rings is 1. The summed E-state index contributed by atoms with van der Waals surface area (Å²) in [5, 5.41) is 18.2. The minimum absolute atomic E-state index is 0.0651. The molecule has 0 aliphatic heterocycles. The van der Waals surface area contributed by atoms with E-state index in [0.29, 0.717) is 29.7 Å². The minimum atomic E-state index is -4.80. The Balaban J connectivity index is 1.96. The predicted molar refractivity (Wildman–Crippen MR) is 121 cm³/mol. The molecular formula is C23H26F3N5O3. The van der Waals surface area contributed by atoms with Gasteiger partial charge in [-0.2, -0.15) is 5.10 Å². The molecule has 1 aliphatic rings. The summed E-state index contributed by atoms with van der Waals surface area (Å²) in [5.74, 6) is -0.613. The van der Waals surface area contributed by atoms with Crippen molar-refractivity contribution in [1.82, 2.24) is 20.3 Å². The molecule has 8 nitrogen and oxygen atoms in total. The summed E-state index contributed by atoms with van der Waals surface area (Å²) < 4.78 is 41.3. The molecule has 3 rings (SSSR count). The van der Waals surface area contributed by atoms with Crippen LogP contribution >= 0.6 is 0 Å². The fraction of sp³-hybridized carbons (Fsp3) is 0.391. The highest BCUT2D eigenvalue weighted by molar-refractivity contribution is 5.93. The van der Waals surface area contributed by atoms with Crippen LogP contribution in [0.1, 0.15) is 48.9 Å². The Morgan fingerprint density at radius 1 is 1.26 bits per heavy atom. The number of halogens is 3. The van der Waals surface area contributed by atoms with Gasteiger partial charge in [0.05, 0.1) is 17.8 Å². The van der Waals surface area contributed by atoms with E-state index in [9.17, 15) is 23.1 Å². The molecule has 182 valence electrons. The van der Waals surface area contributed by atoms with Gasteiger partial charge in [-0.1, -0.05) is 12.8 Å². The summed E-state index contributed by atoms with van der Waals surface area (Å²) in [5.41, 5.74) is 1.45. The first-order valence-electron chi connectivity index (χ1n) is 10.7. The third-order valence-corrected chi connectivity index (χ3v) is 5.34. The molecule has 1 saturated carbocycles. The number of hydrazone groups is 1. The van der Waals surface area contributed by atoms with E-state index in [1.807, 2.05) is 0 Å². The molecule has 2 atom stereocenters. The van der Waals surface area contributed by atoms with Gasteiger partial charge in [-0.15, -0.1) is 13.2 Å². The molecular weight excluding hydrogens is 451 g/mol. The van der Waals surface area contributed by atoms with Crippen molar-refractivity contribution in [3.63, 3.8) is 0 Å². The Hall–Kier alpha value is -3.47. The molecule has 34 heavy (non-hydrogen) atoms. The van der Waals surface area contributed by atoms with Crippen LogP contribution < -0.4 is 10.1 Å². The number of aromatic nitrogens is 2. The predicted octanol–water partition coefficient (Wildman–Crippen LogP) is 3.98. The van der Waals surface area contributed by atoms with Crippen LogP contribution in [0.15, 0.2) is 41.6 Å². The highest BCUT2D eigenvalue weighted by Crippen LogP contribution is 2.27. The lowest BCUT2D eigenvalue weighted by molar-refractivity contribution is -0.274. The normalized spacial score (nSPS) is 18.8. The fourth-order valence-electron chi connectivity index (χ4n) is 3.62. The van der Waals surface area contributed by atoms with Gasteiger partial charge in [0.1, 0.15) is 11.4 Å². The highest BCUT2D eigenvalue weighted by Gasteiger charge is 2.31. The number of rotatable bonds is 7. The van der Waals surface area contributed by atoms with Crippen LogP contribution in [-0.2, 0) is 0 Å². The van der Waals surface area contributed by atoms with E-state index in [1.54, 1.807) is 20.2 Å². The number of aliphatic hydroxyl groups is 1. The number of nitrogens with zero attached hydrogens (tertiary/aromatic N) is 4. The fourth-order valence-corrected chi connectivity index (χ4v) is 3.62. The average Bonchev–Trinajstić information content (AvgIpc) is 2.79. The van der Waals surface area contributed by atoms with Gasteiger partial charge in [0.15, 0.2) is 5.82 Å². The molecule has 1 aromatic heterocycles. The van der Waals surface area contributed by atoms with E-state index in [1.165, 1.54) is 35.3 Å². The van der Waals surface area contributed by atoms with Crippen molar-refractivity contribution < 1.29 is 27.8 Å². The second-order valence-corrected chi connectivity index (χ2v) is 7.99. The van der Waals surface area contributed by atoms with E-state index < -0.39 is 18.4 Å². The maximum Gasteiger partial charge on any atom is 0.573 e. The first-order chi connectivity index (χ1) is 16.1. The summed E-state index contributed by atoms with van der Waals surface area (Å²) in [6.07, 6.45) is -0.734. The van der Waals surface area contributed by atoms with Crippen LogP contribution in [0.2, 0.25) is 0 Å². The van der Waals surface area contributed by atoms with Crippen LogP contribution in [0.4, 0.5) is 13.2 Å². The number of ether oxygens (including phenoxy) is 1. The Labute approximate surface area is 195 Å². The second-order valence-electron chi connectivity index (χ2n) is 7.99. The Morgan fingerprint density at radius 3 is 2.56 bits per heavy atom. The van der Waals surface area contributed by atoms with Gasteiger partial charge in [0.2, 0.25) is 0 Å². The van der Waals surface area contributed by atoms with Crippen molar-refractivity contribution in [1.29, 1.82) is 0 Å². The molecule has 0 radical (unpaired) electrons. The first-order valence-corrected chi connectivity index (χ1v) is 10.7. The van der Waals surface area contributed by atoms with Crippen molar-refractivity contribution in [3.05, 3.63) is 48.1 Å². The smallest absolute Gasteiger partial charge is 0.406 e. The average molecular weight is 477 g/mol. The summed E-state index contributed by atoms with van der Waals surface area (Å²) >= 11 is 0. The van der Waals surface area contributed by atoms with Crippen molar-refractivity contribution in [2.24, 2.45) is 5.10 Å². The lowest BCUT2D eigenvalue weighted by Crippen LogP contribution is -2.45. The Morgan fingerprint density at radius 2 is 1.94 bits per heavy atom. The van der Waals surface area contributed by atoms with Gasteiger partial charge in [0.25, 0.3) is 5.91 Å². The zero-order chi connectivity index (χ0) is 24.9. The van der Waals surface area contributed by atoms with E-state index >= 15 is 0 Å². The zero-order valence-corrected chi connectivity index (χ0v) is 18.8. The zero-order valence-electron chi connectivity index (χ0n) is 18.8. The number of carbonyl (C=O) groups excluding carboxylic acids is 1. The summed E-state index contributed by atoms with van der Waals surface area (Å²) in [6, 6.07) is 6.24. The molecule has 0 unspecified atom stereocenters. The van der Waals surface area contributed by atoms with Gasteiger partial charge < -0.3 is 15.2 Å². The summed E-state index contributed by atoms with van der Waals surface area (Å²) in [7, 11) is 1.66. The standard InChI is InChI=1S/C23H26F3N5O3/c1-14(13-31(3)27-2)21-28-18(15-8-10-16(11-9-15)34-23(24,25)26)12-19(29-21)22(33)30-17-6-4-5-7-20(17)32/h8-13,17,20,32H,2,4-7H2,1,3H3,(H,30,33)/b14-13+/t17-,20+/m0/s1. The SMILES string of the molecule is C=NN(C)/C=C(\C)c1nc(C(=O)N[C@H]2CCCC[C@H]2O)cc(-c2ccc(OC(F)(F)F)cc2)n1. The van der Waals surface area contributed by atoms with E-state index in [4.69, 9.17) is 0 Å². The third-order valence-electron chi connectivity index (χ3n) is 5.34. The second kappa shape index (κ2) is 10.6. The van der Waals surface area contributed by atoms with Crippen molar-refractivity contribution >= 4 is 18.2 Å². The molecule has 1 aromatic carbocycles. The topological polar surface area (TPSA) is 99.9 Å². The molecule has 1 heterocycles. The molecule has 1 aliphatic carbocycles. The lowest BCUT2D eigenvalue weighted by Gasteiger charge is -2.28. The van der Waals surface area contributed by atoms with Gasteiger partial charge >= 0.3 is 6.36 Å². The van der Waals surface area contributed by atoms with Crippen LogP contribution in [-0.4, -0.2) is 58.3 Å². The molecule has 1 fully saturated rings. The highest BCUT2D eigenvalue weighted by atomic mass is 19.4. The molecule has 2 aromatic rings. The van der Waals surface area contributed by atoms with Gasteiger partial charge in [-0.05, 0) is 50.1 Å². The largest absolute Gasteiger partial charge is 0.573 e. The number of amides is 1. The lowest BCUT2D eigenvalue weighted by atomic mass is 9.92. The molecule has 11 heteroatoms. The van der Waals surface area contributed by atoms with Crippen LogP contribution in [0.3, 0.4) is 0 Å². The van der Waals surface area contributed by atoms with Crippen molar-refractivity contribution in [2.45, 2.75) is 51.1 Å². The third kappa shape index (κ3) is 6.77. The molecule has 2 N–H and O–H groups in total. The van der Waals surface area contributed by atoms with E-state index in [-0.39, 0.29) is 23.3 Å². The minimum Gasteiger partial charge on any atom is -0.406 e. The number of nitrogens with one attached hydrogen (secondary N) is 1. The number of hydrogen-bond donors (Lipinski definition) is 2. The quantitative estimate of drug-likeness (QED) is 0.462. The van der Waals surface area contributed by atoms with Crippen molar-refractivity contribution in [2.75, 3.05) is 7.05 Å². The number of hydrogen-bond acceptors (Lipinski definition) is 7. The van der Waals surface area contributed by atoms with E-state index in [2.05, 4.69) is 31.8 Å². The summed E-state index contributed by atoms with van der Waals surface area (Å²) in [6.45, 7) is 5.16. The van der Waals surface area contributed by atoms with Crippen LogP contribution in [0.5, 0.6) is 5.75 Å². The Kier molecular flexibility index (Phi) is 7.87. The monoisotopic (exact) mass is 477 g/mol. The van der Waals surface area contributed by atoms with Gasteiger partial charge in [0, 0.05) is 31.1 Å². The maximum absolute atomic E-state index is 13.0. The van der Waals surface area contributed by atoms with Crippen LogP contribution in [0.25, 0.3) is 16.8 Å². The number of aliphatic hydroxyl groups excluding tert-OH is 1. The van der Waals surface area contributed by atoms with Crippen LogP contribution in [0, 0.1) is 0 Å². The number of alkyl halides is 3. The molecule has 1 amide bonds. The maximum atomic E-state index is 13.0. The summed E-state index contributed by atoms with van der Waals surface area (Å²) in [4.78, 5) is 21.8. The number of carbonyl (C=O) groups is 1. The number of allylic oxidation sites excluding steroid dienone is 1. The molecule has 0 bridgehead atoms. The first kappa shape index (κ1) is 25.2. The van der Waals surface area contributed by atoms with Gasteiger partial charge in [-0.25, -0.2) is 9.97 Å². The van der Waals surface area contributed by atoms with Gasteiger partial charge in [-0.3, -0.25) is 9.80 Å². The molecule has 0 saturated heterocycles. The molecule has 0 spiro atoms.